The summed E-state index contributed by atoms with van der Waals surface area (Å²) in [5.41, 5.74) is 0.702. The van der Waals surface area contributed by atoms with Gasteiger partial charge in [-0.25, -0.2) is 0 Å². The van der Waals surface area contributed by atoms with Gasteiger partial charge in [-0.3, -0.25) is 4.79 Å². The van der Waals surface area contributed by atoms with Crippen molar-refractivity contribution in [3.63, 3.8) is 0 Å². The Morgan fingerprint density at radius 2 is 2.12 bits per heavy atom. The minimum atomic E-state index is 0.0746. The van der Waals surface area contributed by atoms with Gasteiger partial charge in [0.05, 0.1) is 6.42 Å². The van der Waals surface area contributed by atoms with Crippen molar-refractivity contribution >= 4 is 5.91 Å². The fraction of sp³-hybridized carbons (Fsp3) is 0.500. The lowest BCUT2D eigenvalue weighted by Crippen LogP contribution is -2.30. The molecule has 0 bridgehead atoms. The van der Waals surface area contributed by atoms with Crippen LogP contribution in [0.2, 0.25) is 0 Å². The molecule has 2 unspecified atom stereocenters. The Hall–Kier alpha value is -1.51. The third-order valence-electron chi connectivity index (χ3n) is 3.54. The van der Waals surface area contributed by atoms with Crippen LogP contribution in [-0.2, 0) is 11.2 Å². The van der Waals surface area contributed by atoms with E-state index in [1.165, 1.54) is 6.42 Å². The Morgan fingerprint density at radius 1 is 1.47 bits per heavy atom. The Balaban J connectivity index is 1.90. The number of amides is 1. The summed E-state index contributed by atoms with van der Waals surface area (Å²) in [5.74, 6) is 1.71. The summed E-state index contributed by atoms with van der Waals surface area (Å²) < 4.78 is 0. The maximum atomic E-state index is 11.9. The number of nitrogens with zero attached hydrogens (tertiary/aromatic N) is 1. The molecule has 3 nitrogen and oxygen atoms in total. The normalized spacial score (nSPS) is 22.2. The second kappa shape index (κ2) is 4.78. The molecule has 0 saturated heterocycles. The smallest absolute Gasteiger partial charge is 0.226 e. The molecule has 2 rings (SSSR count). The number of para-hydroxylation sites is 1. The van der Waals surface area contributed by atoms with E-state index in [1.54, 1.807) is 23.1 Å². The first-order valence-corrected chi connectivity index (χ1v) is 6.08. The lowest BCUT2D eigenvalue weighted by atomic mass is 10.1. The minimum Gasteiger partial charge on any atom is -0.508 e. The SMILES string of the molecule is CC1CC1CN(C)C(=O)Cc1ccccc1O. The van der Waals surface area contributed by atoms with Gasteiger partial charge < -0.3 is 10.0 Å². The average Bonchev–Trinajstić information content (AvgIpc) is 2.97. The quantitative estimate of drug-likeness (QED) is 0.864. The second-order valence-electron chi connectivity index (χ2n) is 5.05. The van der Waals surface area contributed by atoms with Gasteiger partial charge in [-0.05, 0) is 24.3 Å². The van der Waals surface area contributed by atoms with Crippen molar-refractivity contribution in [1.29, 1.82) is 0 Å². The second-order valence-corrected chi connectivity index (χ2v) is 5.05. The number of phenols is 1. The zero-order valence-corrected chi connectivity index (χ0v) is 10.4. The summed E-state index contributed by atoms with van der Waals surface area (Å²) in [5, 5.41) is 9.61. The Bertz CT molecular complexity index is 416. The lowest BCUT2D eigenvalue weighted by molar-refractivity contribution is -0.129. The maximum Gasteiger partial charge on any atom is 0.226 e. The molecule has 0 aromatic heterocycles. The monoisotopic (exact) mass is 233 g/mol. The molecule has 0 radical (unpaired) electrons. The summed E-state index contributed by atoms with van der Waals surface area (Å²) in [6.45, 7) is 3.06. The van der Waals surface area contributed by atoms with E-state index in [0.717, 1.165) is 12.5 Å². The summed E-state index contributed by atoms with van der Waals surface area (Å²) in [7, 11) is 1.84. The van der Waals surface area contributed by atoms with Crippen LogP contribution in [0.15, 0.2) is 24.3 Å². The van der Waals surface area contributed by atoms with Crippen molar-refractivity contribution in [3.05, 3.63) is 29.8 Å². The van der Waals surface area contributed by atoms with E-state index in [-0.39, 0.29) is 18.1 Å². The van der Waals surface area contributed by atoms with Crippen molar-refractivity contribution < 1.29 is 9.90 Å². The molecule has 1 aromatic carbocycles. The highest BCUT2D eigenvalue weighted by molar-refractivity contribution is 5.79. The van der Waals surface area contributed by atoms with Gasteiger partial charge in [-0.1, -0.05) is 25.1 Å². The number of carbonyl (C=O) groups is 1. The molecule has 3 heteroatoms. The molecule has 0 heterocycles. The standard InChI is InChI=1S/C14H19NO2/c1-10-7-12(10)9-15(2)14(17)8-11-5-3-4-6-13(11)16/h3-6,10,12,16H,7-9H2,1-2H3. The molecule has 1 fully saturated rings. The van der Waals surface area contributed by atoms with Crippen molar-refractivity contribution in [2.75, 3.05) is 13.6 Å². The zero-order valence-electron chi connectivity index (χ0n) is 10.4. The van der Waals surface area contributed by atoms with E-state index in [2.05, 4.69) is 6.92 Å². The van der Waals surface area contributed by atoms with Gasteiger partial charge in [0, 0.05) is 19.2 Å². The van der Waals surface area contributed by atoms with Crippen LogP contribution in [0.25, 0.3) is 0 Å². The highest BCUT2D eigenvalue weighted by Gasteiger charge is 2.34. The highest BCUT2D eigenvalue weighted by atomic mass is 16.3. The molecule has 1 aliphatic carbocycles. The van der Waals surface area contributed by atoms with Crippen LogP contribution in [-0.4, -0.2) is 29.5 Å². The van der Waals surface area contributed by atoms with Crippen molar-refractivity contribution in [1.82, 2.24) is 4.90 Å². The number of rotatable bonds is 4. The largest absolute Gasteiger partial charge is 0.508 e. The molecular weight excluding hydrogens is 214 g/mol. The number of likely N-dealkylation sites (N-methyl/N-ethyl adjacent to an activating group) is 1. The number of aromatic hydroxyl groups is 1. The number of phenolic OH excluding ortho intramolecular Hbond substituents is 1. The highest BCUT2D eigenvalue weighted by Crippen LogP contribution is 2.38. The van der Waals surface area contributed by atoms with E-state index in [4.69, 9.17) is 0 Å². The van der Waals surface area contributed by atoms with Crippen LogP contribution in [0.3, 0.4) is 0 Å². The molecule has 92 valence electrons. The molecular formula is C14H19NO2. The molecule has 1 aliphatic rings. The summed E-state index contributed by atoms with van der Waals surface area (Å²) >= 11 is 0. The van der Waals surface area contributed by atoms with Crippen LogP contribution in [0, 0.1) is 11.8 Å². The van der Waals surface area contributed by atoms with E-state index < -0.39 is 0 Å². The maximum absolute atomic E-state index is 11.9. The Labute approximate surface area is 102 Å². The first kappa shape index (κ1) is 12.0. The van der Waals surface area contributed by atoms with Crippen molar-refractivity contribution in [2.24, 2.45) is 11.8 Å². The van der Waals surface area contributed by atoms with Crippen LogP contribution in [0.5, 0.6) is 5.75 Å². The van der Waals surface area contributed by atoms with Gasteiger partial charge in [0.1, 0.15) is 5.75 Å². The first-order chi connectivity index (χ1) is 8.08. The van der Waals surface area contributed by atoms with E-state index in [0.29, 0.717) is 11.5 Å². The van der Waals surface area contributed by atoms with Crippen LogP contribution < -0.4 is 0 Å². The molecule has 1 amide bonds. The number of hydrogen-bond donors (Lipinski definition) is 1. The van der Waals surface area contributed by atoms with Crippen LogP contribution in [0.1, 0.15) is 18.9 Å². The summed E-state index contributed by atoms with van der Waals surface area (Å²) in [4.78, 5) is 13.7. The Kier molecular flexibility index (Phi) is 3.36. The third-order valence-corrected chi connectivity index (χ3v) is 3.54. The summed E-state index contributed by atoms with van der Waals surface area (Å²) in [6, 6.07) is 7.01. The molecule has 2 atom stereocenters. The van der Waals surface area contributed by atoms with Gasteiger partial charge in [-0.15, -0.1) is 0 Å². The van der Waals surface area contributed by atoms with Gasteiger partial charge in [0.25, 0.3) is 0 Å². The van der Waals surface area contributed by atoms with Crippen molar-refractivity contribution in [3.8, 4) is 5.75 Å². The molecule has 0 spiro atoms. The zero-order chi connectivity index (χ0) is 12.4. The number of hydrogen-bond acceptors (Lipinski definition) is 2. The topological polar surface area (TPSA) is 40.5 Å². The fourth-order valence-electron chi connectivity index (χ4n) is 2.07. The molecule has 17 heavy (non-hydrogen) atoms. The van der Waals surface area contributed by atoms with E-state index in [1.807, 2.05) is 13.1 Å². The average molecular weight is 233 g/mol. The predicted molar refractivity (Wildman–Crippen MR) is 66.7 cm³/mol. The number of benzene rings is 1. The van der Waals surface area contributed by atoms with E-state index in [9.17, 15) is 9.90 Å². The fourth-order valence-corrected chi connectivity index (χ4v) is 2.07. The molecule has 1 N–H and O–H groups in total. The molecule has 1 aromatic rings. The van der Waals surface area contributed by atoms with Crippen molar-refractivity contribution in [2.45, 2.75) is 19.8 Å². The minimum absolute atomic E-state index is 0.0746. The van der Waals surface area contributed by atoms with E-state index >= 15 is 0 Å². The van der Waals surface area contributed by atoms with Gasteiger partial charge in [0.2, 0.25) is 5.91 Å². The Morgan fingerprint density at radius 3 is 2.71 bits per heavy atom. The lowest BCUT2D eigenvalue weighted by Gasteiger charge is -2.17. The summed E-state index contributed by atoms with van der Waals surface area (Å²) in [6.07, 6.45) is 1.51. The molecule has 1 saturated carbocycles. The molecule has 0 aliphatic heterocycles. The van der Waals surface area contributed by atoms with Crippen LogP contribution in [0.4, 0.5) is 0 Å². The predicted octanol–water partition coefficient (Wildman–Crippen LogP) is 2.05. The third kappa shape index (κ3) is 2.99. The van der Waals surface area contributed by atoms with Gasteiger partial charge >= 0.3 is 0 Å². The van der Waals surface area contributed by atoms with Gasteiger partial charge in [-0.2, -0.15) is 0 Å². The van der Waals surface area contributed by atoms with Gasteiger partial charge in [0.15, 0.2) is 0 Å². The number of carbonyl (C=O) groups excluding carboxylic acids is 1. The first-order valence-electron chi connectivity index (χ1n) is 6.08. The van der Waals surface area contributed by atoms with Crippen LogP contribution >= 0.6 is 0 Å².